The van der Waals surface area contributed by atoms with E-state index in [1.807, 2.05) is 0 Å². The third-order valence-corrected chi connectivity index (χ3v) is 11.2. The number of carbonyl (C=O) groups is 1. The number of fused-ring (bicyclic) bond motifs is 5. The first-order chi connectivity index (χ1) is 16.4. The topological polar surface area (TPSA) is 83.5 Å². The van der Waals surface area contributed by atoms with E-state index < -0.39 is 12.0 Å². The molecule has 202 valence electrons. The standard InChI is InChI=1S/C27H46O.C3H7NO2S/c1-18(2)7-6-8-19(3)23-11-12-24-22-10-9-20-17-21(28)13-15-26(20,4)25(22)14-16-27(23,24)5;4-2(1-7)3(5)6/h9,18-19,21-25,28H,6-8,10-17H2,1-5H3;2,7H,1,4H2,(H,5,6)/t19?,21-,22-,23+,24-,25-,26-,27+;/m0./s1. The number of rotatable bonds is 7. The fraction of sp³-hybridized carbons (Fsp3) is 0.900. The highest BCUT2D eigenvalue weighted by atomic mass is 32.1. The van der Waals surface area contributed by atoms with E-state index in [-0.39, 0.29) is 11.9 Å². The molecule has 0 aromatic rings. The van der Waals surface area contributed by atoms with Gasteiger partial charge in [-0.1, -0.05) is 65.5 Å². The van der Waals surface area contributed by atoms with Gasteiger partial charge >= 0.3 is 5.97 Å². The Bertz CT molecular complexity index is 754. The van der Waals surface area contributed by atoms with Crippen LogP contribution in [0.25, 0.3) is 0 Å². The average Bonchev–Trinajstić information content (AvgIpc) is 3.16. The number of hydrogen-bond acceptors (Lipinski definition) is 4. The minimum atomic E-state index is -1.00. The van der Waals surface area contributed by atoms with Gasteiger partial charge in [0, 0.05) is 5.75 Å². The van der Waals surface area contributed by atoms with Crippen molar-refractivity contribution in [1.29, 1.82) is 0 Å². The quantitative estimate of drug-likeness (QED) is 0.228. The zero-order valence-corrected chi connectivity index (χ0v) is 23.9. The molecule has 0 saturated heterocycles. The van der Waals surface area contributed by atoms with E-state index >= 15 is 0 Å². The summed E-state index contributed by atoms with van der Waals surface area (Å²) in [5.74, 6) is 4.64. The smallest absolute Gasteiger partial charge is 0.321 e. The van der Waals surface area contributed by atoms with Gasteiger partial charge in [0.25, 0.3) is 0 Å². The van der Waals surface area contributed by atoms with E-state index in [1.165, 1.54) is 57.8 Å². The number of nitrogens with two attached hydrogens (primary N) is 1. The molecular weight excluding hydrogens is 454 g/mol. The zero-order chi connectivity index (χ0) is 26.0. The summed E-state index contributed by atoms with van der Waals surface area (Å²) in [5.41, 5.74) is 7.54. The number of aliphatic hydroxyl groups is 1. The normalized spacial score (nSPS) is 39.9. The summed E-state index contributed by atoms with van der Waals surface area (Å²) in [4.78, 5) is 9.76. The maximum absolute atomic E-state index is 10.2. The fourth-order valence-corrected chi connectivity index (χ4v) is 8.90. The molecule has 0 bridgehead atoms. The van der Waals surface area contributed by atoms with Gasteiger partial charge in [0.2, 0.25) is 0 Å². The Morgan fingerprint density at radius 2 is 1.83 bits per heavy atom. The minimum absolute atomic E-state index is 0.0766. The molecule has 0 amide bonds. The van der Waals surface area contributed by atoms with E-state index in [4.69, 9.17) is 10.8 Å². The van der Waals surface area contributed by atoms with Gasteiger partial charge in [0.15, 0.2) is 0 Å². The zero-order valence-electron chi connectivity index (χ0n) is 23.0. The first-order valence-electron chi connectivity index (χ1n) is 14.4. The number of thiol groups is 1. The molecule has 0 spiro atoms. The van der Waals surface area contributed by atoms with Crippen molar-refractivity contribution in [2.45, 2.75) is 117 Å². The molecule has 3 saturated carbocycles. The largest absolute Gasteiger partial charge is 0.480 e. The van der Waals surface area contributed by atoms with Gasteiger partial charge < -0.3 is 15.9 Å². The summed E-state index contributed by atoms with van der Waals surface area (Å²) in [7, 11) is 0. The first-order valence-corrected chi connectivity index (χ1v) is 15.0. The fourth-order valence-electron chi connectivity index (χ4n) is 8.74. The molecule has 0 aromatic heterocycles. The average molecular weight is 508 g/mol. The van der Waals surface area contributed by atoms with Crippen LogP contribution in [0.4, 0.5) is 0 Å². The predicted molar refractivity (Wildman–Crippen MR) is 149 cm³/mol. The first kappa shape index (κ1) is 29.0. The molecule has 5 heteroatoms. The number of hydrogen-bond donors (Lipinski definition) is 4. The molecule has 4 N–H and O–H groups in total. The lowest BCUT2D eigenvalue weighted by Gasteiger charge is -2.58. The Kier molecular flexibility index (Phi) is 9.87. The third-order valence-electron chi connectivity index (χ3n) is 10.8. The van der Waals surface area contributed by atoms with Crippen molar-refractivity contribution in [3.63, 3.8) is 0 Å². The number of aliphatic carboxylic acids is 1. The van der Waals surface area contributed by atoms with Gasteiger partial charge in [-0.05, 0) is 97.7 Å². The molecule has 0 aromatic carbocycles. The molecule has 9 atom stereocenters. The highest BCUT2D eigenvalue weighted by molar-refractivity contribution is 7.80. The summed E-state index contributed by atoms with van der Waals surface area (Å²) in [5, 5.41) is 18.2. The van der Waals surface area contributed by atoms with E-state index in [2.05, 4.69) is 53.3 Å². The van der Waals surface area contributed by atoms with Crippen LogP contribution in [0.5, 0.6) is 0 Å². The molecule has 0 heterocycles. The molecule has 0 aliphatic heterocycles. The van der Waals surface area contributed by atoms with Crippen LogP contribution in [0.3, 0.4) is 0 Å². The third kappa shape index (κ3) is 6.14. The lowest BCUT2D eigenvalue weighted by atomic mass is 9.47. The second-order valence-corrected chi connectivity index (χ2v) is 13.7. The monoisotopic (exact) mass is 507 g/mol. The summed E-state index contributed by atoms with van der Waals surface area (Å²) in [6.07, 6.45) is 17.2. The lowest BCUT2D eigenvalue weighted by molar-refractivity contribution is -0.137. The Morgan fingerprint density at radius 3 is 2.43 bits per heavy atom. The second-order valence-electron chi connectivity index (χ2n) is 13.3. The molecule has 4 nitrogen and oxygen atoms in total. The number of carboxylic acid groups (broad SMARTS) is 1. The molecule has 4 rings (SSSR count). The van der Waals surface area contributed by atoms with E-state index in [0.29, 0.717) is 10.8 Å². The van der Waals surface area contributed by atoms with Crippen molar-refractivity contribution in [2.75, 3.05) is 5.75 Å². The maximum Gasteiger partial charge on any atom is 0.321 e. The van der Waals surface area contributed by atoms with Gasteiger partial charge in [-0.25, -0.2) is 0 Å². The van der Waals surface area contributed by atoms with Gasteiger partial charge in [0.05, 0.1) is 6.10 Å². The molecular formula is C30H53NO3S. The van der Waals surface area contributed by atoms with Crippen LogP contribution in [0.15, 0.2) is 11.6 Å². The van der Waals surface area contributed by atoms with Crippen LogP contribution in [0, 0.1) is 46.3 Å². The molecule has 4 aliphatic carbocycles. The number of aliphatic hydroxyl groups excluding tert-OH is 1. The van der Waals surface area contributed by atoms with Crippen molar-refractivity contribution in [3.05, 3.63) is 11.6 Å². The van der Waals surface area contributed by atoms with Gasteiger partial charge in [-0.15, -0.1) is 0 Å². The summed E-state index contributed by atoms with van der Waals surface area (Å²) in [6.45, 7) is 12.6. The predicted octanol–water partition coefficient (Wildman–Crippen LogP) is 6.72. The van der Waals surface area contributed by atoms with Crippen LogP contribution >= 0.6 is 12.6 Å². The molecule has 2 unspecified atom stereocenters. The Morgan fingerprint density at radius 1 is 1.11 bits per heavy atom. The minimum Gasteiger partial charge on any atom is -0.480 e. The Hall–Kier alpha value is -0.520. The molecule has 4 aliphatic rings. The Labute approximate surface area is 220 Å². The van der Waals surface area contributed by atoms with Crippen molar-refractivity contribution >= 4 is 18.6 Å². The van der Waals surface area contributed by atoms with E-state index in [0.717, 1.165) is 48.3 Å². The Balaban J connectivity index is 0.000000429. The van der Waals surface area contributed by atoms with E-state index in [9.17, 15) is 9.90 Å². The van der Waals surface area contributed by atoms with Crippen molar-refractivity contribution < 1.29 is 15.0 Å². The van der Waals surface area contributed by atoms with Gasteiger partial charge in [0.1, 0.15) is 6.04 Å². The van der Waals surface area contributed by atoms with Crippen molar-refractivity contribution in [2.24, 2.45) is 52.1 Å². The van der Waals surface area contributed by atoms with Gasteiger partial charge in [-0.2, -0.15) is 12.6 Å². The summed E-state index contributed by atoms with van der Waals surface area (Å²) >= 11 is 3.65. The molecule has 3 fully saturated rings. The van der Waals surface area contributed by atoms with Gasteiger partial charge in [-0.3, -0.25) is 4.79 Å². The highest BCUT2D eigenvalue weighted by Gasteiger charge is 2.59. The molecule has 35 heavy (non-hydrogen) atoms. The lowest BCUT2D eigenvalue weighted by Crippen LogP contribution is -2.50. The second kappa shape index (κ2) is 11.9. The summed E-state index contributed by atoms with van der Waals surface area (Å²) < 4.78 is 0. The van der Waals surface area contributed by atoms with E-state index in [1.54, 1.807) is 5.57 Å². The van der Waals surface area contributed by atoms with Crippen LogP contribution in [-0.2, 0) is 4.79 Å². The summed E-state index contributed by atoms with van der Waals surface area (Å²) in [6, 6.07) is -0.816. The SMILES string of the molecule is CC(C)CCCC(C)[C@H]1CC[C@H]2[C@@H]3CC=C4C[C@@H](O)CC[C@]4(C)[C@H]3CC[C@]12C.NC(CS)C(=O)O. The van der Waals surface area contributed by atoms with Crippen LogP contribution in [-0.4, -0.2) is 34.1 Å². The van der Waals surface area contributed by atoms with Crippen LogP contribution in [0.2, 0.25) is 0 Å². The van der Waals surface area contributed by atoms with Crippen LogP contribution < -0.4 is 5.73 Å². The maximum atomic E-state index is 10.2. The molecule has 0 radical (unpaired) electrons. The number of carboxylic acids is 1. The highest BCUT2D eigenvalue weighted by Crippen LogP contribution is 2.67. The van der Waals surface area contributed by atoms with Crippen molar-refractivity contribution in [1.82, 2.24) is 0 Å². The number of allylic oxidation sites excluding steroid dienone is 1. The van der Waals surface area contributed by atoms with Crippen molar-refractivity contribution in [3.8, 4) is 0 Å². The van der Waals surface area contributed by atoms with Crippen LogP contribution in [0.1, 0.15) is 105 Å².